The predicted octanol–water partition coefficient (Wildman–Crippen LogP) is 2.02. The Hall–Kier alpha value is -1.78. The number of carbonyl (C=O) groups excluding carboxylic acids is 1. The van der Waals surface area contributed by atoms with Crippen LogP contribution in [0.2, 0.25) is 0 Å². The first-order valence-electron chi connectivity index (χ1n) is 11.1. The molecule has 2 saturated heterocycles. The van der Waals surface area contributed by atoms with Crippen LogP contribution < -0.4 is 0 Å². The van der Waals surface area contributed by atoms with E-state index in [1.807, 2.05) is 30.9 Å². The second-order valence-electron chi connectivity index (χ2n) is 8.74. The summed E-state index contributed by atoms with van der Waals surface area (Å²) in [6, 6.07) is 7.69. The third-order valence-corrected chi connectivity index (χ3v) is 9.14. The van der Waals surface area contributed by atoms with Crippen LogP contribution in [-0.2, 0) is 21.4 Å². The van der Waals surface area contributed by atoms with Crippen molar-refractivity contribution in [2.75, 3.05) is 58.9 Å². The van der Waals surface area contributed by atoms with Gasteiger partial charge in [-0.3, -0.25) is 14.6 Å². The predicted molar refractivity (Wildman–Crippen MR) is 127 cm³/mol. The van der Waals surface area contributed by atoms with E-state index in [2.05, 4.69) is 26.6 Å². The van der Waals surface area contributed by atoms with Crippen molar-refractivity contribution in [2.45, 2.75) is 25.3 Å². The van der Waals surface area contributed by atoms with Crippen LogP contribution in [0.25, 0.3) is 0 Å². The highest BCUT2D eigenvalue weighted by atomic mass is 32.2. The van der Waals surface area contributed by atoms with Crippen LogP contribution in [0.3, 0.4) is 0 Å². The number of thiophene rings is 1. The lowest BCUT2D eigenvalue weighted by atomic mass is 10.2. The molecule has 0 bridgehead atoms. The number of piperazine rings is 2. The molecule has 0 radical (unpaired) electrons. The smallest absolute Gasteiger partial charge is 0.243 e. The molecule has 32 heavy (non-hydrogen) atoms. The topological polar surface area (TPSA) is 64.2 Å². The van der Waals surface area contributed by atoms with Gasteiger partial charge in [-0.25, -0.2) is 8.42 Å². The van der Waals surface area contributed by atoms with Crippen molar-refractivity contribution in [1.29, 1.82) is 0 Å². The summed E-state index contributed by atoms with van der Waals surface area (Å²) in [5.74, 6) is 0.144. The zero-order valence-corrected chi connectivity index (χ0v) is 20.5. The Labute approximate surface area is 195 Å². The second kappa shape index (κ2) is 10.0. The zero-order valence-electron chi connectivity index (χ0n) is 18.9. The van der Waals surface area contributed by atoms with Crippen molar-refractivity contribution in [3.05, 3.63) is 51.7 Å². The molecule has 0 spiro atoms. The fourth-order valence-electron chi connectivity index (χ4n) is 4.34. The Bertz CT molecular complexity index is 1020. The molecular formula is C23H32N4O3S2. The van der Waals surface area contributed by atoms with E-state index in [1.54, 1.807) is 21.7 Å². The average molecular weight is 477 g/mol. The van der Waals surface area contributed by atoms with Gasteiger partial charge in [0.15, 0.2) is 0 Å². The summed E-state index contributed by atoms with van der Waals surface area (Å²) in [4.78, 5) is 19.6. The quantitative estimate of drug-likeness (QED) is 0.638. The van der Waals surface area contributed by atoms with Crippen molar-refractivity contribution >= 4 is 27.3 Å². The molecule has 2 aromatic rings. The second-order valence-corrected chi connectivity index (χ2v) is 11.4. The number of sulfonamides is 1. The number of nitrogens with zero attached hydrogens (tertiary/aromatic N) is 4. The SMILES string of the molecule is Cc1ccc(C)c(S(=O)(=O)N2CCN(CC(=O)N3CCN(Cc4ccsc4)CC3)CC2)c1. The summed E-state index contributed by atoms with van der Waals surface area (Å²) in [7, 11) is -3.51. The van der Waals surface area contributed by atoms with Gasteiger partial charge >= 0.3 is 0 Å². The lowest BCUT2D eigenvalue weighted by molar-refractivity contribution is -0.134. The summed E-state index contributed by atoms with van der Waals surface area (Å²) >= 11 is 1.72. The maximum atomic E-state index is 13.1. The monoisotopic (exact) mass is 476 g/mol. The largest absolute Gasteiger partial charge is 0.339 e. The van der Waals surface area contributed by atoms with Crippen LogP contribution in [0.4, 0.5) is 0 Å². The number of rotatable bonds is 6. The third kappa shape index (κ3) is 5.40. The molecule has 7 nitrogen and oxygen atoms in total. The highest BCUT2D eigenvalue weighted by Gasteiger charge is 2.31. The van der Waals surface area contributed by atoms with E-state index in [0.717, 1.165) is 43.9 Å². The maximum Gasteiger partial charge on any atom is 0.243 e. The Morgan fingerprint density at radius 2 is 1.62 bits per heavy atom. The molecule has 0 unspecified atom stereocenters. The van der Waals surface area contributed by atoms with Crippen molar-refractivity contribution in [2.24, 2.45) is 0 Å². The third-order valence-electron chi connectivity index (χ3n) is 6.36. The van der Waals surface area contributed by atoms with Gasteiger partial charge in [-0.2, -0.15) is 15.6 Å². The number of aryl methyl sites for hydroxylation is 2. The number of hydrogen-bond donors (Lipinski definition) is 0. The Balaban J connectivity index is 1.25. The first kappa shape index (κ1) is 23.4. The van der Waals surface area contributed by atoms with Crippen LogP contribution in [0, 0.1) is 13.8 Å². The molecule has 1 aromatic carbocycles. The van der Waals surface area contributed by atoms with Crippen LogP contribution in [0.15, 0.2) is 39.9 Å². The van der Waals surface area contributed by atoms with Crippen molar-refractivity contribution in [3.8, 4) is 0 Å². The lowest BCUT2D eigenvalue weighted by Gasteiger charge is -2.37. The van der Waals surface area contributed by atoms with Crippen molar-refractivity contribution in [3.63, 3.8) is 0 Å². The highest BCUT2D eigenvalue weighted by molar-refractivity contribution is 7.89. The molecular weight excluding hydrogens is 444 g/mol. The standard InChI is InChI=1S/C23H32N4O3S2/c1-19-3-4-20(2)22(15-19)32(29,30)27-12-8-25(9-13-27)17-23(28)26-10-6-24(7-11-26)16-21-5-14-31-18-21/h3-5,14-15,18H,6-13,16-17H2,1-2H3. The minimum absolute atomic E-state index is 0.144. The van der Waals surface area contributed by atoms with Crippen LogP contribution in [0.5, 0.6) is 0 Å². The average Bonchev–Trinajstić information content (AvgIpc) is 3.29. The number of amides is 1. The summed E-state index contributed by atoms with van der Waals surface area (Å²) < 4.78 is 27.8. The lowest BCUT2D eigenvalue weighted by Crippen LogP contribution is -2.54. The molecule has 174 valence electrons. The highest BCUT2D eigenvalue weighted by Crippen LogP contribution is 2.22. The van der Waals surface area contributed by atoms with E-state index in [0.29, 0.717) is 37.6 Å². The van der Waals surface area contributed by atoms with Gasteiger partial charge in [0.1, 0.15) is 0 Å². The minimum atomic E-state index is -3.51. The van der Waals surface area contributed by atoms with E-state index in [4.69, 9.17) is 0 Å². The molecule has 1 amide bonds. The van der Waals surface area contributed by atoms with Gasteiger partial charge in [0, 0.05) is 58.9 Å². The van der Waals surface area contributed by atoms with Crippen LogP contribution in [0.1, 0.15) is 16.7 Å². The summed E-state index contributed by atoms with van der Waals surface area (Å²) in [5.41, 5.74) is 3.05. The molecule has 0 aliphatic carbocycles. The molecule has 0 saturated carbocycles. The first-order chi connectivity index (χ1) is 15.3. The fourth-order valence-corrected chi connectivity index (χ4v) is 6.73. The van der Waals surface area contributed by atoms with Gasteiger partial charge in [0.25, 0.3) is 0 Å². The maximum absolute atomic E-state index is 13.1. The van der Waals surface area contributed by atoms with E-state index in [9.17, 15) is 13.2 Å². The minimum Gasteiger partial charge on any atom is -0.339 e. The van der Waals surface area contributed by atoms with Crippen LogP contribution >= 0.6 is 11.3 Å². The van der Waals surface area contributed by atoms with Gasteiger partial charge in [-0.1, -0.05) is 12.1 Å². The van der Waals surface area contributed by atoms with E-state index in [-0.39, 0.29) is 5.91 Å². The van der Waals surface area contributed by atoms with Crippen molar-refractivity contribution in [1.82, 2.24) is 19.0 Å². The number of hydrogen-bond acceptors (Lipinski definition) is 6. The molecule has 3 heterocycles. The van der Waals surface area contributed by atoms with Crippen LogP contribution in [-0.4, -0.2) is 92.2 Å². The molecule has 2 aliphatic heterocycles. The van der Waals surface area contributed by atoms with Gasteiger partial charge < -0.3 is 4.90 Å². The molecule has 2 aliphatic rings. The summed E-state index contributed by atoms with van der Waals surface area (Å²) in [5, 5.41) is 4.28. The van der Waals surface area contributed by atoms with Gasteiger partial charge in [0.05, 0.1) is 11.4 Å². The van der Waals surface area contributed by atoms with Gasteiger partial charge in [-0.05, 0) is 53.4 Å². The molecule has 2 fully saturated rings. The van der Waals surface area contributed by atoms with E-state index < -0.39 is 10.0 Å². The summed E-state index contributed by atoms with van der Waals surface area (Å²) in [6.07, 6.45) is 0. The van der Waals surface area contributed by atoms with E-state index in [1.165, 1.54) is 5.56 Å². The Kier molecular flexibility index (Phi) is 7.31. The molecule has 0 atom stereocenters. The zero-order chi connectivity index (χ0) is 22.7. The van der Waals surface area contributed by atoms with Gasteiger partial charge in [-0.15, -0.1) is 0 Å². The number of carbonyl (C=O) groups is 1. The first-order valence-corrected chi connectivity index (χ1v) is 13.5. The van der Waals surface area contributed by atoms with Gasteiger partial charge in [0.2, 0.25) is 15.9 Å². The van der Waals surface area contributed by atoms with E-state index >= 15 is 0 Å². The normalized spacial score (nSPS) is 19.4. The summed E-state index contributed by atoms with van der Waals surface area (Å²) in [6.45, 7) is 10.3. The Morgan fingerprint density at radius 1 is 0.938 bits per heavy atom. The van der Waals surface area contributed by atoms with Crippen molar-refractivity contribution < 1.29 is 13.2 Å². The molecule has 1 aromatic heterocycles. The molecule has 4 rings (SSSR count). The Morgan fingerprint density at radius 3 is 2.28 bits per heavy atom. The fraction of sp³-hybridized carbons (Fsp3) is 0.522. The molecule has 9 heteroatoms. The molecule has 0 N–H and O–H groups in total. The number of benzene rings is 1.